The number of methoxy groups -OCH3 is 1. The monoisotopic (exact) mass is 308 g/mol. The van der Waals surface area contributed by atoms with E-state index in [9.17, 15) is 14.7 Å². The number of phenols is 1. The molecule has 1 rings (SSSR count). The Labute approximate surface area is 130 Å². The average Bonchev–Trinajstić information content (AvgIpc) is 2.46. The number of aryl methyl sites for hydroxylation is 1. The van der Waals surface area contributed by atoms with Gasteiger partial charge >= 0.3 is 0 Å². The molecule has 0 aliphatic carbocycles. The van der Waals surface area contributed by atoms with Crippen LogP contribution in [0.1, 0.15) is 44.6 Å². The number of ketones is 2. The van der Waals surface area contributed by atoms with Gasteiger partial charge in [0.1, 0.15) is 11.6 Å². The molecule has 0 spiro atoms. The van der Waals surface area contributed by atoms with Crippen molar-refractivity contribution in [2.45, 2.75) is 51.6 Å². The summed E-state index contributed by atoms with van der Waals surface area (Å²) in [7, 11) is 1.47. The lowest BCUT2D eigenvalue weighted by atomic mass is 10.0. The molecule has 122 valence electrons. The molecule has 1 aromatic carbocycles. The lowest BCUT2D eigenvalue weighted by molar-refractivity contribution is -0.127. The third-order valence-electron chi connectivity index (χ3n) is 3.41. The smallest absolute Gasteiger partial charge is 0.160 e. The van der Waals surface area contributed by atoms with Gasteiger partial charge in [-0.15, -0.1) is 0 Å². The van der Waals surface area contributed by atoms with Gasteiger partial charge in [0.2, 0.25) is 0 Å². The molecule has 0 heterocycles. The molecule has 0 aliphatic heterocycles. The van der Waals surface area contributed by atoms with Crippen LogP contribution < -0.4 is 4.74 Å². The second-order valence-corrected chi connectivity index (χ2v) is 5.50. The van der Waals surface area contributed by atoms with E-state index in [-0.39, 0.29) is 30.2 Å². The first-order valence-corrected chi connectivity index (χ1v) is 7.49. The van der Waals surface area contributed by atoms with E-state index in [0.717, 1.165) is 5.56 Å². The maximum atomic E-state index is 11.8. The normalized spacial score (nSPS) is 12.0. The Bertz CT molecular complexity index is 508. The molecular formula is C17H24O5. The number of hydrogen-bond acceptors (Lipinski definition) is 5. The van der Waals surface area contributed by atoms with Crippen molar-refractivity contribution in [2.24, 2.45) is 0 Å². The second-order valence-electron chi connectivity index (χ2n) is 5.50. The Kier molecular flexibility index (Phi) is 7.60. The third-order valence-corrected chi connectivity index (χ3v) is 3.41. The molecule has 2 N–H and O–H groups in total. The molecule has 0 aliphatic rings. The molecule has 22 heavy (non-hydrogen) atoms. The maximum Gasteiger partial charge on any atom is 0.160 e. The van der Waals surface area contributed by atoms with Gasteiger partial charge in [-0.25, -0.2) is 0 Å². The topological polar surface area (TPSA) is 83.8 Å². The predicted octanol–water partition coefficient (Wildman–Crippen LogP) is 2.41. The Hall–Kier alpha value is -1.88. The highest BCUT2D eigenvalue weighted by Crippen LogP contribution is 2.26. The highest BCUT2D eigenvalue weighted by atomic mass is 16.5. The number of aliphatic hydroxyl groups is 1. The van der Waals surface area contributed by atoms with Crippen LogP contribution in [0.5, 0.6) is 11.5 Å². The van der Waals surface area contributed by atoms with E-state index in [1.165, 1.54) is 13.2 Å². The molecule has 0 fully saturated rings. The number of aromatic hydroxyl groups is 1. The van der Waals surface area contributed by atoms with Gasteiger partial charge in [-0.3, -0.25) is 9.59 Å². The number of carbonyl (C=O) groups excluding carboxylic acids is 2. The van der Waals surface area contributed by atoms with Gasteiger partial charge in [-0.1, -0.05) is 6.07 Å². The van der Waals surface area contributed by atoms with Gasteiger partial charge in [0.15, 0.2) is 11.5 Å². The van der Waals surface area contributed by atoms with Crippen molar-refractivity contribution in [3.05, 3.63) is 23.8 Å². The second kappa shape index (κ2) is 9.20. The molecule has 0 amide bonds. The summed E-state index contributed by atoms with van der Waals surface area (Å²) in [6.07, 6.45) is 1.87. The lowest BCUT2D eigenvalue weighted by Crippen LogP contribution is -2.09. The zero-order valence-electron chi connectivity index (χ0n) is 13.2. The Morgan fingerprint density at radius 2 is 1.91 bits per heavy atom. The van der Waals surface area contributed by atoms with Crippen molar-refractivity contribution >= 4 is 11.6 Å². The zero-order chi connectivity index (χ0) is 16.5. The molecule has 0 aromatic heterocycles. The number of aliphatic hydroxyl groups excluding tert-OH is 1. The standard InChI is InChI=1S/C17H24O5/c1-12(18)4-3-5-14(19)11-15(20)8-6-13-7-9-16(21)17(10-13)22-2/h7,9-10,12,18,21H,3-6,8,11H2,1-2H3/t12-/m0/s1. The van der Waals surface area contributed by atoms with Crippen molar-refractivity contribution in [1.29, 1.82) is 0 Å². The lowest BCUT2D eigenvalue weighted by Gasteiger charge is -2.06. The number of ether oxygens (including phenoxy) is 1. The molecule has 5 nitrogen and oxygen atoms in total. The summed E-state index contributed by atoms with van der Waals surface area (Å²) in [5.74, 6) is 0.271. The summed E-state index contributed by atoms with van der Waals surface area (Å²) in [4.78, 5) is 23.4. The number of phenolic OH excluding ortho intramolecular Hbond substituents is 1. The van der Waals surface area contributed by atoms with Crippen LogP contribution in [-0.2, 0) is 16.0 Å². The van der Waals surface area contributed by atoms with Gasteiger partial charge in [0.25, 0.3) is 0 Å². The summed E-state index contributed by atoms with van der Waals surface area (Å²) in [6, 6.07) is 4.95. The maximum absolute atomic E-state index is 11.8. The van der Waals surface area contributed by atoms with Crippen LogP contribution in [0.25, 0.3) is 0 Å². The molecule has 1 atom stereocenters. The molecular weight excluding hydrogens is 284 g/mol. The van der Waals surface area contributed by atoms with Crippen molar-refractivity contribution in [3.63, 3.8) is 0 Å². The van der Waals surface area contributed by atoms with Gasteiger partial charge in [-0.2, -0.15) is 0 Å². The summed E-state index contributed by atoms with van der Waals surface area (Å²) in [6.45, 7) is 1.68. The van der Waals surface area contributed by atoms with E-state index in [4.69, 9.17) is 9.84 Å². The molecule has 0 bridgehead atoms. The highest BCUT2D eigenvalue weighted by Gasteiger charge is 2.11. The van der Waals surface area contributed by atoms with E-state index in [1.54, 1.807) is 19.1 Å². The number of hydrogen-bond donors (Lipinski definition) is 2. The Morgan fingerprint density at radius 3 is 2.55 bits per heavy atom. The first kappa shape index (κ1) is 18.2. The van der Waals surface area contributed by atoms with Crippen LogP contribution in [0.3, 0.4) is 0 Å². The van der Waals surface area contributed by atoms with Gasteiger partial charge < -0.3 is 14.9 Å². The minimum absolute atomic E-state index is 0.0466. The minimum atomic E-state index is -0.409. The molecule has 5 heteroatoms. The van der Waals surface area contributed by atoms with Crippen LogP contribution in [0.2, 0.25) is 0 Å². The van der Waals surface area contributed by atoms with Gasteiger partial charge in [0.05, 0.1) is 19.6 Å². The zero-order valence-corrected chi connectivity index (χ0v) is 13.2. The number of benzene rings is 1. The van der Waals surface area contributed by atoms with E-state index < -0.39 is 6.10 Å². The summed E-state index contributed by atoms with van der Waals surface area (Å²) in [5, 5.41) is 18.6. The summed E-state index contributed by atoms with van der Waals surface area (Å²) >= 11 is 0. The van der Waals surface area contributed by atoms with Crippen LogP contribution in [0, 0.1) is 0 Å². The first-order valence-electron chi connectivity index (χ1n) is 7.49. The first-order chi connectivity index (χ1) is 10.4. The van der Waals surface area contributed by atoms with Crippen LogP contribution >= 0.6 is 0 Å². The third kappa shape index (κ3) is 6.72. The quantitative estimate of drug-likeness (QED) is 0.648. The van der Waals surface area contributed by atoms with Crippen molar-refractivity contribution in [3.8, 4) is 11.5 Å². The summed E-state index contributed by atoms with van der Waals surface area (Å²) in [5.41, 5.74) is 0.879. The molecule has 1 aromatic rings. The fourth-order valence-corrected chi connectivity index (χ4v) is 2.15. The van der Waals surface area contributed by atoms with Crippen molar-refractivity contribution in [2.75, 3.05) is 7.11 Å². The predicted molar refractivity (Wildman–Crippen MR) is 83.1 cm³/mol. The number of rotatable bonds is 10. The van der Waals surface area contributed by atoms with E-state index in [1.807, 2.05) is 0 Å². The van der Waals surface area contributed by atoms with Gasteiger partial charge in [-0.05, 0) is 43.9 Å². The number of Topliss-reactive ketones (excluding diaryl/α,β-unsaturated/α-hetero) is 2. The molecule has 0 unspecified atom stereocenters. The highest BCUT2D eigenvalue weighted by molar-refractivity contribution is 5.99. The molecule has 0 radical (unpaired) electrons. The largest absolute Gasteiger partial charge is 0.504 e. The van der Waals surface area contributed by atoms with Crippen LogP contribution in [0.15, 0.2) is 18.2 Å². The minimum Gasteiger partial charge on any atom is -0.504 e. The van der Waals surface area contributed by atoms with E-state index in [2.05, 4.69) is 0 Å². The Morgan fingerprint density at radius 1 is 1.23 bits per heavy atom. The summed E-state index contributed by atoms with van der Waals surface area (Å²) < 4.78 is 5.01. The fraction of sp³-hybridized carbons (Fsp3) is 0.529. The van der Waals surface area contributed by atoms with Gasteiger partial charge in [0, 0.05) is 12.8 Å². The van der Waals surface area contributed by atoms with Crippen LogP contribution in [-0.4, -0.2) is 35.0 Å². The SMILES string of the molecule is COc1cc(CCC(=O)CC(=O)CCC[C@H](C)O)ccc1O. The van der Waals surface area contributed by atoms with E-state index in [0.29, 0.717) is 31.4 Å². The number of carbonyl (C=O) groups is 2. The van der Waals surface area contributed by atoms with E-state index >= 15 is 0 Å². The van der Waals surface area contributed by atoms with Crippen LogP contribution in [0.4, 0.5) is 0 Å². The molecule has 0 saturated carbocycles. The fourth-order valence-electron chi connectivity index (χ4n) is 2.15. The average molecular weight is 308 g/mol. The molecule has 0 saturated heterocycles. The van der Waals surface area contributed by atoms with Crippen molar-refractivity contribution < 1.29 is 24.5 Å². The van der Waals surface area contributed by atoms with Crippen molar-refractivity contribution in [1.82, 2.24) is 0 Å². The Balaban J connectivity index is 2.35.